The van der Waals surface area contributed by atoms with Crippen LogP contribution in [0.3, 0.4) is 0 Å². The summed E-state index contributed by atoms with van der Waals surface area (Å²) in [4.78, 5) is 26.5. The third-order valence-electron chi connectivity index (χ3n) is 4.91. The SMILES string of the molecule is Cc1c(C(=O)OCC(=O)N2C(C)CCCC2C)oc2c(F)cccc12. The van der Waals surface area contributed by atoms with Crippen LogP contribution in [0.5, 0.6) is 0 Å². The van der Waals surface area contributed by atoms with Crippen LogP contribution >= 0.6 is 0 Å². The maximum Gasteiger partial charge on any atom is 0.375 e. The fourth-order valence-corrected chi connectivity index (χ4v) is 3.58. The number of nitrogens with zero attached hydrogens (tertiary/aromatic N) is 1. The number of carbonyl (C=O) groups is 2. The summed E-state index contributed by atoms with van der Waals surface area (Å²) in [6.07, 6.45) is 2.99. The van der Waals surface area contributed by atoms with Gasteiger partial charge in [-0.3, -0.25) is 4.79 Å². The van der Waals surface area contributed by atoms with Gasteiger partial charge >= 0.3 is 5.97 Å². The number of piperidine rings is 1. The Labute approximate surface area is 145 Å². The van der Waals surface area contributed by atoms with E-state index < -0.39 is 11.8 Å². The van der Waals surface area contributed by atoms with Gasteiger partial charge in [-0.15, -0.1) is 0 Å². The number of para-hydroxylation sites is 1. The lowest BCUT2D eigenvalue weighted by Crippen LogP contribution is -2.49. The topological polar surface area (TPSA) is 59.8 Å². The smallest absolute Gasteiger partial charge is 0.375 e. The molecule has 1 saturated heterocycles. The number of likely N-dealkylation sites (tertiary alicyclic amines) is 1. The number of halogens is 1. The first-order chi connectivity index (χ1) is 11.9. The number of fused-ring (bicyclic) bond motifs is 1. The molecule has 2 atom stereocenters. The Morgan fingerprint density at radius 2 is 1.96 bits per heavy atom. The summed E-state index contributed by atoms with van der Waals surface area (Å²) in [5, 5.41) is 0.525. The molecule has 6 heteroatoms. The quantitative estimate of drug-likeness (QED) is 0.792. The van der Waals surface area contributed by atoms with Gasteiger partial charge in [0.25, 0.3) is 5.91 Å². The highest BCUT2D eigenvalue weighted by Crippen LogP contribution is 2.28. The molecule has 0 N–H and O–H groups in total. The molecule has 1 fully saturated rings. The Morgan fingerprint density at radius 3 is 2.60 bits per heavy atom. The Morgan fingerprint density at radius 1 is 1.28 bits per heavy atom. The lowest BCUT2D eigenvalue weighted by Gasteiger charge is -2.38. The van der Waals surface area contributed by atoms with E-state index in [1.165, 1.54) is 6.07 Å². The summed E-state index contributed by atoms with van der Waals surface area (Å²) in [6.45, 7) is 5.33. The summed E-state index contributed by atoms with van der Waals surface area (Å²) < 4.78 is 24.3. The van der Waals surface area contributed by atoms with Crippen molar-refractivity contribution in [3.05, 3.63) is 35.3 Å². The van der Waals surface area contributed by atoms with Crippen LogP contribution < -0.4 is 0 Å². The first-order valence-electron chi connectivity index (χ1n) is 8.56. The average molecular weight is 347 g/mol. The molecule has 0 radical (unpaired) electrons. The van der Waals surface area contributed by atoms with Crippen molar-refractivity contribution in [1.82, 2.24) is 4.90 Å². The number of hydrogen-bond donors (Lipinski definition) is 0. The van der Waals surface area contributed by atoms with Crippen molar-refractivity contribution in [3.63, 3.8) is 0 Å². The van der Waals surface area contributed by atoms with Gasteiger partial charge in [0.15, 0.2) is 18.0 Å². The van der Waals surface area contributed by atoms with Gasteiger partial charge in [0.1, 0.15) is 0 Å². The van der Waals surface area contributed by atoms with Gasteiger partial charge in [0, 0.05) is 23.0 Å². The van der Waals surface area contributed by atoms with E-state index in [0.29, 0.717) is 10.9 Å². The molecule has 1 aromatic carbocycles. The summed E-state index contributed by atoms with van der Waals surface area (Å²) in [7, 11) is 0. The molecule has 2 aromatic rings. The second-order valence-corrected chi connectivity index (χ2v) is 6.68. The number of carbonyl (C=O) groups excluding carboxylic acids is 2. The number of hydrogen-bond acceptors (Lipinski definition) is 4. The van der Waals surface area contributed by atoms with E-state index >= 15 is 0 Å². The van der Waals surface area contributed by atoms with E-state index in [1.807, 2.05) is 13.8 Å². The van der Waals surface area contributed by atoms with Crippen molar-refractivity contribution in [2.24, 2.45) is 0 Å². The zero-order chi connectivity index (χ0) is 18.1. The molecule has 2 heterocycles. The summed E-state index contributed by atoms with van der Waals surface area (Å²) in [5.41, 5.74) is 0.531. The molecule has 3 rings (SSSR count). The van der Waals surface area contributed by atoms with Crippen LogP contribution in [-0.2, 0) is 9.53 Å². The van der Waals surface area contributed by atoms with Crippen LogP contribution in [0.2, 0.25) is 0 Å². The first-order valence-corrected chi connectivity index (χ1v) is 8.56. The molecular formula is C19H22FNO4. The molecule has 2 unspecified atom stereocenters. The van der Waals surface area contributed by atoms with Crippen LogP contribution in [0.1, 0.15) is 49.2 Å². The van der Waals surface area contributed by atoms with Gasteiger partial charge in [-0.25, -0.2) is 9.18 Å². The van der Waals surface area contributed by atoms with Crippen LogP contribution in [-0.4, -0.2) is 35.5 Å². The number of furan rings is 1. The van der Waals surface area contributed by atoms with Gasteiger partial charge in [-0.05, 0) is 46.1 Å². The van der Waals surface area contributed by atoms with Gasteiger partial charge in [0.2, 0.25) is 5.76 Å². The number of rotatable bonds is 3. The van der Waals surface area contributed by atoms with Gasteiger partial charge in [0.05, 0.1) is 0 Å². The highest BCUT2D eigenvalue weighted by Gasteiger charge is 2.30. The summed E-state index contributed by atoms with van der Waals surface area (Å²) in [5.74, 6) is -1.56. The molecule has 1 aromatic heterocycles. The summed E-state index contributed by atoms with van der Waals surface area (Å²) >= 11 is 0. The van der Waals surface area contributed by atoms with Crippen molar-refractivity contribution >= 4 is 22.8 Å². The lowest BCUT2D eigenvalue weighted by molar-refractivity contribution is -0.140. The Hall–Kier alpha value is -2.37. The number of aryl methyl sites for hydroxylation is 1. The van der Waals surface area contributed by atoms with Gasteiger partial charge in [-0.2, -0.15) is 0 Å². The third-order valence-corrected chi connectivity index (χ3v) is 4.91. The van der Waals surface area contributed by atoms with Crippen molar-refractivity contribution in [3.8, 4) is 0 Å². The Balaban J connectivity index is 1.72. The molecule has 134 valence electrons. The minimum Gasteiger partial charge on any atom is -0.450 e. The number of esters is 1. The second-order valence-electron chi connectivity index (χ2n) is 6.68. The van der Waals surface area contributed by atoms with Crippen LogP contribution in [0.25, 0.3) is 11.0 Å². The third kappa shape index (κ3) is 3.25. The van der Waals surface area contributed by atoms with Crippen LogP contribution in [0.4, 0.5) is 4.39 Å². The van der Waals surface area contributed by atoms with Crippen LogP contribution in [0, 0.1) is 12.7 Å². The molecule has 1 aliphatic rings. The maximum atomic E-state index is 13.8. The predicted octanol–water partition coefficient (Wildman–Crippen LogP) is 3.83. The first kappa shape index (κ1) is 17.5. The maximum absolute atomic E-state index is 13.8. The van der Waals surface area contributed by atoms with E-state index in [2.05, 4.69) is 0 Å². The normalized spacial score (nSPS) is 20.7. The minimum atomic E-state index is -0.751. The van der Waals surface area contributed by atoms with E-state index in [-0.39, 0.29) is 35.9 Å². The Bertz CT molecular complexity index is 803. The molecule has 0 saturated carbocycles. The van der Waals surface area contributed by atoms with E-state index in [1.54, 1.807) is 24.0 Å². The standard InChI is InChI=1S/C19H22FNO4/c1-11-6-4-7-12(2)21(11)16(22)10-24-19(23)17-13(3)14-8-5-9-15(20)18(14)25-17/h5,8-9,11-12H,4,6-7,10H2,1-3H3. The lowest BCUT2D eigenvalue weighted by atomic mass is 9.97. The monoisotopic (exact) mass is 347 g/mol. The van der Waals surface area contributed by atoms with Gasteiger partial charge in [-0.1, -0.05) is 12.1 Å². The van der Waals surface area contributed by atoms with Crippen molar-refractivity contribution < 1.29 is 23.1 Å². The zero-order valence-electron chi connectivity index (χ0n) is 14.7. The molecule has 5 nitrogen and oxygen atoms in total. The molecule has 1 amide bonds. The van der Waals surface area contributed by atoms with Crippen molar-refractivity contribution in [2.45, 2.75) is 52.1 Å². The minimum absolute atomic E-state index is 0.0246. The number of ether oxygens (including phenoxy) is 1. The summed E-state index contributed by atoms with van der Waals surface area (Å²) in [6, 6.07) is 4.77. The largest absolute Gasteiger partial charge is 0.450 e. The molecule has 0 spiro atoms. The highest BCUT2D eigenvalue weighted by molar-refractivity contribution is 5.96. The van der Waals surface area contributed by atoms with Gasteiger partial charge < -0.3 is 14.1 Å². The fourth-order valence-electron chi connectivity index (χ4n) is 3.58. The second kappa shape index (κ2) is 6.86. The van der Waals surface area contributed by atoms with Crippen molar-refractivity contribution in [1.29, 1.82) is 0 Å². The van der Waals surface area contributed by atoms with Crippen LogP contribution in [0.15, 0.2) is 22.6 Å². The zero-order valence-corrected chi connectivity index (χ0v) is 14.7. The Kier molecular flexibility index (Phi) is 4.79. The molecule has 1 aliphatic heterocycles. The molecule has 0 bridgehead atoms. The fraction of sp³-hybridized carbons (Fsp3) is 0.474. The number of amides is 1. The molecule has 25 heavy (non-hydrogen) atoms. The van der Waals surface area contributed by atoms with E-state index in [4.69, 9.17) is 9.15 Å². The average Bonchev–Trinajstić information content (AvgIpc) is 2.91. The van der Waals surface area contributed by atoms with Crippen molar-refractivity contribution in [2.75, 3.05) is 6.61 Å². The van der Waals surface area contributed by atoms with E-state index in [0.717, 1.165) is 19.3 Å². The predicted molar refractivity (Wildman–Crippen MR) is 90.8 cm³/mol. The van der Waals surface area contributed by atoms with E-state index in [9.17, 15) is 14.0 Å². The molecular weight excluding hydrogens is 325 g/mol. The number of benzene rings is 1. The molecule has 0 aliphatic carbocycles. The highest BCUT2D eigenvalue weighted by atomic mass is 19.1.